The van der Waals surface area contributed by atoms with Crippen LogP contribution in [0.1, 0.15) is 20.3 Å². The van der Waals surface area contributed by atoms with E-state index in [1.807, 2.05) is 11.8 Å². The number of nitrogens with one attached hydrogen (secondary N) is 1. The second-order valence-corrected chi connectivity index (χ2v) is 4.94. The lowest BCUT2D eigenvalue weighted by atomic mass is 10.1. The highest BCUT2D eigenvalue weighted by Gasteiger charge is 2.29. The summed E-state index contributed by atoms with van der Waals surface area (Å²) in [5.41, 5.74) is 3.53. The predicted octanol–water partition coefficient (Wildman–Crippen LogP) is 1.23. The van der Waals surface area contributed by atoms with E-state index in [4.69, 9.17) is 5.26 Å². The summed E-state index contributed by atoms with van der Waals surface area (Å²) in [6, 6.07) is 2.14. The second kappa shape index (κ2) is 4.85. The van der Waals surface area contributed by atoms with Crippen LogP contribution in [0.4, 0.5) is 0 Å². The first-order valence-corrected chi connectivity index (χ1v) is 5.78. The Balaban J connectivity index is 2.34. The molecule has 0 aromatic rings. The van der Waals surface area contributed by atoms with Crippen molar-refractivity contribution >= 4 is 11.8 Å². The van der Waals surface area contributed by atoms with Crippen LogP contribution in [0, 0.1) is 11.3 Å². The first-order chi connectivity index (χ1) is 6.17. The summed E-state index contributed by atoms with van der Waals surface area (Å²) in [7, 11) is 0. The van der Waals surface area contributed by atoms with Crippen molar-refractivity contribution in [2.45, 2.75) is 25.8 Å². The van der Waals surface area contributed by atoms with Crippen molar-refractivity contribution in [1.29, 1.82) is 5.26 Å². The van der Waals surface area contributed by atoms with Gasteiger partial charge in [-0.25, -0.2) is 5.01 Å². The van der Waals surface area contributed by atoms with Gasteiger partial charge in [-0.15, -0.1) is 0 Å². The van der Waals surface area contributed by atoms with Crippen molar-refractivity contribution in [1.82, 2.24) is 10.4 Å². The number of hydrazine groups is 1. The molecule has 0 aromatic carbocycles. The summed E-state index contributed by atoms with van der Waals surface area (Å²) >= 11 is 2.00. The van der Waals surface area contributed by atoms with Crippen LogP contribution >= 0.6 is 11.8 Å². The Morgan fingerprint density at radius 3 is 3.00 bits per heavy atom. The summed E-state index contributed by atoms with van der Waals surface area (Å²) in [6.45, 7) is 6.31. The zero-order valence-corrected chi connectivity index (χ0v) is 9.15. The molecule has 4 heteroatoms. The first kappa shape index (κ1) is 10.8. The lowest BCUT2D eigenvalue weighted by Gasteiger charge is -2.42. The monoisotopic (exact) mass is 199 g/mol. The third-order valence-electron chi connectivity index (χ3n) is 2.18. The van der Waals surface area contributed by atoms with Crippen LogP contribution in [0.3, 0.4) is 0 Å². The smallest absolute Gasteiger partial charge is 0.0635 e. The molecule has 0 amide bonds. The van der Waals surface area contributed by atoms with Gasteiger partial charge in [0.15, 0.2) is 0 Å². The van der Waals surface area contributed by atoms with Gasteiger partial charge < -0.3 is 0 Å². The molecule has 0 aromatic heterocycles. The van der Waals surface area contributed by atoms with E-state index < -0.39 is 0 Å². The quantitative estimate of drug-likeness (QED) is 0.694. The Hall–Kier alpha value is -0.240. The van der Waals surface area contributed by atoms with Gasteiger partial charge in [0.05, 0.1) is 6.07 Å². The van der Waals surface area contributed by atoms with Gasteiger partial charge in [-0.3, -0.25) is 5.43 Å². The molecule has 74 valence electrons. The van der Waals surface area contributed by atoms with Gasteiger partial charge in [-0.1, -0.05) is 0 Å². The van der Waals surface area contributed by atoms with E-state index in [2.05, 4.69) is 30.4 Å². The van der Waals surface area contributed by atoms with E-state index in [9.17, 15) is 0 Å². The maximum absolute atomic E-state index is 8.41. The Bertz CT molecular complexity index is 198. The van der Waals surface area contributed by atoms with E-state index in [1.54, 1.807) is 0 Å². The lowest BCUT2D eigenvalue weighted by molar-refractivity contribution is 0.0806. The van der Waals surface area contributed by atoms with E-state index in [-0.39, 0.29) is 5.54 Å². The molecule has 0 aliphatic carbocycles. The molecule has 1 N–H and O–H groups in total. The zero-order valence-electron chi connectivity index (χ0n) is 8.34. The van der Waals surface area contributed by atoms with Crippen molar-refractivity contribution in [2.24, 2.45) is 0 Å². The van der Waals surface area contributed by atoms with Crippen molar-refractivity contribution < 1.29 is 0 Å². The number of hydrogen-bond donors (Lipinski definition) is 1. The zero-order chi connectivity index (χ0) is 9.73. The van der Waals surface area contributed by atoms with E-state index in [1.165, 1.54) is 5.75 Å². The molecule has 1 aliphatic rings. The van der Waals surface area contributed by atoms with Crippen LogP contribution in [0.15, 0.2) is 0 Å². The average Bonchev–Trinajstić information content (AvgIpc) is 2.08. The fourth-order valence-electron chi connectivity index (χ4n) is 1.40. The summed E-state index contributed by atoms with van der Waals surface area (Å²) < 4.78 is 0. The predicted molar refractivity (Wildman–Crippen MR) is 56.3 cm³/mol. The molecule has 1 fully saturated rings. The number of rotatable bonds is 3. The number of nitrogens with zero attached hydrogens (tertiary/aromatic N) is 2. The Kier molecular flexibility index (Phi) is 4.04. The van der Waals surface area contributed by atoms with Gasteiger partial charge >= 0.3 is 0 Å². The molecule has 0 saturated carbocycles. The highest BCUT2D eigenvalue weighted by atomic mass is 32.2. The number of thioether (sulfide) groups is 1. The standard InChI is InChI=1S/C9H17N3S/c1-9(2)8-13-7-6-12(9)11-5-3-4-10/h11H,3,5-8H2,1-2H3. The molecule has 0 spiro atoms. The number of hydrogen-bond acceptors (Lipinski definition) is 4. The number of nitriles is 1. The van der Waals surface area contributed by atoms with Gasteiger partial charge in [0.25, 0.3) is 0 Å². The molecule has 0 radical (unpaired) electrons. The lowest BCUT2D eigenvalue weighted by Crippen LogP contribution is -2.57. The van der Waals surface area contributed by atoms with Crippen LogP contribution in [-0.2, 0) is 0 Å². The SMILES string of the molecule is CC1(C)CSCCN1NCCC#N. The van der Waals surface area contributed by atoms with Crippen LogP contribution in [0.25, 0.3) is 0 Å². The molecule has 0 unspecified atom stereocenters. The second-order valence-electron chi connectivity index (χ2n) is 3.83. The average molecular weight is 199 g/mol. The molecule has 3 nitrogen and oxygen atoms in total. The van der Waals surface area contributed by atoms with E-state index >= 15 is 0 Å². The highest BCUT2D eigenvalue weighted by molar-refractivity contribution is 7.99. The summed E-state index contributed by atoms with van der Waals surface area (Å²) in [6.07, 6.45) is 0.583. The normalized spacial score (nSPS) is 22.5. The molecule has 1 aliphatic heterocycles. The maximum atomic E-state index is 8.41. The van der Waals surface area contributed by atoms with Crippen molar-refractivity contribution in [3.8, 4) is 6.07 Å². The minimum atomic E-state index is 0.221. The first-order valence-electron chi connectivity index (χ1n) is 4.63. The minimum absolute atomic E-state index is 0.221. The Labute approximate surface area is 84.4 Å². The maximum Gasteiger partial charge on any atom is 0.0635 e. The minimum Gasteiger partial charge on any atom is -0.254 e. The fraction of sp³-hybridized carbons (Fsp3) is 0.889. The van der Waals surface area contributed by atoms with Crippen LogP contribution in [0.2, 0.25) is 0 Å². The fourth-order valence-corrected chi connectivity index (χ4v) is 2.51. The Morgan fingerprint density at radius 1 is 1.62 bits per heavy atom. The topological polar surface area (TPSA) is 39.1 Å². The molecule has 1 heterocycles. The molecular formula is C9H17N3S. The van der Waals surface area contributed by atoms with Crippen LogP contribution < -0.4 is 5.43 Å². The molecular weight excluding hydrogens is 182 g/mol. The van der Waals surface area contributed by atoms with E-state index in [0.717, 1.165) is 18.8 Å². The van der Waals surface area contributed by atoms with Crippen molar-refractivity contribution in [3.05, 3.63) is 0 Å². The third kappa shape index (κ3) is 3.18. The van der Waals surface area contributed by atoms with Gasteiger partial charge in [0.2, 0.25) is 0 Å². The summed E-state index contributed by atoms with van der Waals surface area (Å²) in [4.78, 5) is 0. The summed E-state index contributed by atoms with van der Waals surface area (Å²) in [5.74, 6) is 2.34. The Morgan fingerprint density at radius 2 is 2.38 bits per heavy atom. The van der Waals surface area contributed by atoms with Gasteiger partial charge in [0, 0.05) is 36.6 Å². The van der Waals surface area contributed by atoms with Crippen molar-refractivity contribution in [2.75, 3.05) is 24.6 Å². The third-order valence-corrected chi connectivity index (χ3v) is 3.57. The van der Waals surface area contributed by atoms with Gasteiger partial charge in [-0.05, 0) is 13.8 Å². The molecule has 1 rings (SSSR count). The highest BCUT2D eigenvalue weighted by Crippen LogP contribution is 2.23. The summed E-state index contributed by atoms with van der Waals surface area (Å²) in [5, 5.41) is 10.7. The molecule has 0 atom stereocenters. The molecule has 13 heavy (non-hydrogen) atoms. The largest absolute Gasteiger partial charge is 0.254 e. The van der Waals surface area contributed by atoms with E-state index in [0.29, 0.717) is 6.42 Å². The molecule has 0 bridgehead atoms. The molecule has 1 saturated heterocycles. The van der Waals surface area contributed by atoms with Gasteiger partial charge in [0.1, 0.15) is 0 Å². The van der Waals surface area contributed by atoms with Gasteiger partial charge in [-0.2, -0.15) is 17.0 Å². The van der Waals surface area contributed by atoms with Crippen LogP contribution in [0.5, 0.6) is 0 Å². The van der Waals surface area contributed by atoms with Crippen LogP contribution in [-0.4, -0.2) is 35.1 Å². The van der Waals surface area contributed by atoms with Crippen molar-refractivity contribution in [3.63, 3.8) is 0 Å².